The largest absolute Gasteiger partial charge is 0.448 e. The summed E-state index contributed by atoms with van der Waals surface area (Å²) in [5.74, 6) is -1.31. The maximum atomic E-state index is 12.9. The molecule has 1 amide bonds. The van der Waals surface area contributed by atoms with Crippen molar-refractivity contribution < 1.29 is 22.7 Å². The summed E-state index contributed by atoms with van der Waals surface area (Å²) in [6.07, 6.45) is -0.751. The van der Waals surface area contributed by atoms with Crippen molar-refractivity contribution in [2.45, 2.75) is 45.9 Å². The van der Waals surface area contributed by atoms with Gasteiger partial charge in [0.2, 0.25) is 0 Å². The van der Waals surface area contributed by atoms with E-state index in [1.165, 1.54) is 16.5 Å². The van der Waals surface area contributed by atoms with Crippen molar-refractivity contribution in [3.8, 4) is 0 Å². The van der Waals surface area contributed by atoms with Gasteiger partial charge in [0.05, 0.1) is 16.9 Å². The van der Waals surface area contributed by atoms with Gasteiger partial charge in [0, 0.05) is 24.5 Å². The smallest absolute Gasteiger partial charge is 0.360 e. The first-order valence-corrected chi connectivity index (χ1v) is 11.7. The van der Waals surface area contributed by atoms with Crippen LogP contribution in [-0.2, 0) is 25.9 Å². The molecule has 0 bridgehead atoms. The van der Waals surface area contributed by atoms with Crippen LogP contribution in [0.1, 0.15) is 37.7 Å². The second-order valence-electron chi connectivity index (χ2n) is 7.24. The minimum atomic E-state index is -3.16. The third-order valence-electron chi connectivity index (χ3n) is 5.27. The summed E-state index contributed by atoms with van der Waals surface area (Å²) in [6, 6.07) is 6.17. The highest BCUT2D eigenvalue weighted by Gasteiger charge is 2.36. The first-order chi connectivity index (χ1) is 14.2. The lowest BCUT2D eigenvalue weighted by Crippen LogP contribution is -2.46. The van der Waals surface area contributed by atoms with Crippen LogP contribution in [0.3, 0.4) is 0 Å². The molecule has 10 heteroatoms. The number of rotatable bonds is 6. The molecule has 0 radical (unpaired) electrons. The maximum Gasteiger partial charge on any atom is 0.360 e. The molecule has 2 heterocycles. The van der Waals surface area contributed by atoms with Crippen molar-refractivity contribution in [1.82, 2.24) is 14.7 Å². The van der Waals surface area contributed by atoms with Gasteiger partial charge in [0.1, 0.15) is 0 Å². The zero-order chi connectivity index (χ0) is 22.1. The molecule has 1 saturated heterocycles. The van der Waals surface area contributed by atoms with E-state index in [1.54, 1.807) is 38.1 Å². The van der Waals surface area contributed by atoms with Crippen molar-refractivity contribution in [3.05, 3.63) is 40.3 Å². The highest BCUT2D eigenvalue weighted by Crippen LogP contribution is 2.20. The van der Waals surface area contributed by atoms with E-state index < -0.39 is 33.9 Å². The molecule has 1 aliphatic heterocycles. The highest BCUT2D eigenvalue weighted by atomic mass is 32.2. The Morgan fingerprint density at radius 2 is 1.93 bits per heavy atom. The number of aryl methyl sites for hydroxylation is 1. The van der Waals surface area contributed by atoms with Gasteiger partial charge in [-0.25, -0.2) is 17.9 Å². The molecule has 1 aromatic heterocycles. The van der Waals surface area contributed by atoms with Crippen LogP contribution in [0.2, 0.25) is 0 Å². The van der Waals surface area contributed by atoms with E-state index in [1.807, 2.05) is 0 Å². The molecule has 0 N–H and O–H groups in total. The van der Waals surface area contributed by atoms with E-state index in [-0.39, 0.29) is 29.3 Å². The highest BCUT2D eigenvalue weighted by molar-refractivity contribution is 7.91. The van der Waals surface area contributed by atoms with Crippen LogP contribution in [0.4, 0.5) is 0 Å². The van der Waals surface area contributed by atoms with E-state index in [0.29, 0.717) is 23.7 Å². The number of esters is 1. The molecule has 162 valence electrons. The molecule has 2 unspecified atom stereocenters. The van der Waals surface area contributed by atoms with Crippen LogP contribution in [0.15, 0.2) is 29.1 Å². The number of carbonyl (C=O) groups is 2. The number of ether oxygens (including phenoxy) is 1. The molecule has 0 aliphatic carbocycles. The van der Waals surface area contributed by atoms with Crippen molar-refractivity contribution in [3.63, 3.8) is 0 Å². The molecule has 3 rings (SSSR count). The third-order valence-corrected chi connectivity index (χ3v) is 7.02. The summed E-state index contributed by atoms with van der Waals surface area (Å²) in [7, 11) is -3.16. The molecule has 1 aliphatic rings. The monoisotopic (exact) mass is 435 g/mol. The van der Waals surface area contributed by atoms with Crippen LogP contribution in [0.25, 0.3) is 10.8 Å². The number of aromatic nitrogens is 2. The molecular weight excluding hydrogens is 410 g/mol. The van der Waals surface area contributed by atoms with Crippen LogP contribution in [0.5, 0.6) is 0 Å². The minimum absolute atomic E-state index is 0.0433. The van der Waals surface area contributed by atoms with E-state index in [4.69, 9.17) is 4.74 Å². The summed E-state index contributed by atoms with van der Waals surface area (Å²) in [5, 5.41) is 4.81. The Balaban J connectivity index is 1.84. The number of sulfone groups is 1. The minimum Gasteiger partial charge on any atom is -0.448 e. The van der Waals surface area contributed by atoms with Crippen molar-refractivity contribution >= 4 is 32.5 Å². The SMILES string of the molecule is CCN(C(=O)C(C)OC(=O)c1nn(CC)c(=O)c2ccccc12)C1CCS(=O)(=O)C1. The molecule has 1 aromatic carbocycles. The third kappa shape index (κ3) is 4.23. The Labute approximate surface area is 174 Å². The summed E-state index contributed by atoms with van der Waals surface area (Å²) >= 11 is 0. The van der Waals surface area contributed by atoms with Crippen molar-refractivity contribution in [2.75, 3.05) is 18.1 Å². The molecule has 0 saturated carbocycles. The first kappa shape index (κ1) is 21.9. The number of fused-ring (bicyclic) bond motifs is 1. The second-order valence-corrected chi connectivity index (χ2v) is 9.47. The fourth-order valence-electron chi connectivity index (χ4n) is 3.72. The van der Waals surface area contributed by atoms with Gasteiger partial charge in [-0.15, -0.1) is 0 Å². The lowest BCUT2D eigenvalue weighted by atomic mass is 10.1. The summed E-state index contributed by atoms with van der Waals surface area (Å²) in [5.41, 5.74) is -0.355. The molecular formula is C20H25N3O6S. The van der Waals surface area contributed by atoms with Crippen LogP contribution in [-0.4, -0.2) is 65.2 Å². The Hall–Kier alpha value is -2.75. The fourth-order valence-corrected chi connectivity index (χ4v) is 5.45. The van der Waals surface area contributed by atoms with Gasteiger partial charge in [-0.05, 0) is 33.3 Å². The Morgan fingerprint density at radius 3 is 2.50 bits per heavy atom. The number of hydrogen-bond acceptors (Lipinski definition) is 7. The zero-order valence-electron chi connectivity index (χ0n) is 17.2. The number of likely N-dealkylation sites (N-methyl/N-ethyl adjacent to an activating group) is 1. The van der Waals surface area contributed by atoms with Crippen LogP contribution in [0, 0.1) is 0 Å². The van der Waals surface area contributed by atoms with Gasteiger partial charge >= 0.3 is 5.97 Å². The van der Waals surface area contributed by atoms with Gasteiger partial charge in [-0.1, -0.05) is 18.2 Å². The van der Waals surface area contributed by atoms with Crippen LogP contribution < -0.4 is 5.56 Å². The van der Waals surface area contributed by atoms with E-state index >= 15 is 0 Å². The molecule has 1 fully saturated rings. The van der Waals surface area contributed by atoms with E-state index in [9.17, 15) is 22.8 Å². The van der Waals surface area contributed by atoms with Gasteiger partial charge in [-0.3, -0.25) is 9.59 Å². The average Bonchev–Trinajstić information content (AvgIpc) is 3.08. The van der Waals surface area contributed by atoms with E-state index in [2.05, 4.69) is 5.10 Å². The average molecular weight is 436 g/mol. The molecule has 30 heavy (non-hydrogen) atoms. The maximum absolute atomic E-state index is 12.9. The first-order valence-electron chi connectivity index (χ1n) is 9.90. The normalized spacial score (nSPS) is 18.8. The Bertz CT molecular complexity index is 1140. The second kappa shape index (κ2) is 8.55. The zero-order valence-corrected chi connectivity index (χ0v) is 18.0. The molecule has 2 aromatic rings. The van der Waals surface area contributed by atoms with Crippen molar-refractivity contribution in [2.24, 2.45) is 0 Å². The van der Waals surface area contributed by atoms with Gasteiger partial charge < -0.3 is 9.64 Å². The summed E-state index contributed by atoms with van der Waals surface area (Å²) in [4.78, 5) is 39.6. The Kier molecular flexibility index (Phi) is 6.25. The van der Waals surface area contributed by atoms with Crippen LogP contribution >= 0.6 is 0 Å². The lowest BCUT2D eigenvalue weighted by molar-refractivity contribution is -0.141. The number of carbonyl (C=O) groups excluding carboxylic acids is 2. The number of nitrogens with zero attached hydrogens (tertiary/aromatic N) is 3. The summed E-state index contributed by atoms with van der Waals surface area (Å²) < 4.78 is 30.1. The summed E-state index contributed by atoms with van der Waals surface area (Å²) in [6.45, 7) is 5.52. The number of hydrogen-bond donors (Lipinski definition) is 0. The number of amides is 1. The van der Waals surface area contributed by atoms with Crippen molar-refractivity contribution in [1.29, 1.82) is 0 Å². The fraction of sp³-hybridized carbons (Fsp3) is 0.500. The molecule has 9 nitrogen and oxygen atoms in total. The van der Waals surface area contributed by atoms with E-state index in [0.717, 1.165) is 0 Å². The lowest BCUT2D eigenvalue weighted by Gasteiger charge is -2.29. The van der Waals surface area contributed by atoms with Gasteiger partial charge in [-0.2, -0.15) is 5.10 Å². The standard InChI is InChI=1S/C20H25N3O6S/c1-4-22(14-10-11-30(27,28)12-14)18(24)13(3)29-20(26)17-15-8-6-7-9-16(15)19(25)23(5-2)21-17/h6-9,13-14H,4-5,10-12H2,1-3H3. The molecule has 2 atom stereocenters. The number of benzene rings is 1. The van der Waals surface area contributed by atoms with Gasteiger partial charge in [0.15, 0.2) is 21.6 Å². The Morgan fingerprint density at radius 1 is 1.27 bits per heavy atom. The van der Waals surface area contributed by atoms with Gasteiger partial charge in [0.25, 0.3) is 11.5 Å². The predicted octanol–water partition coefficient (Wildman–Crippen LogP) is 0.997. The molecule has 0 spiro atoms. The quantitative estimate of drug-likeness (QED) is 0.622. The topological polar surface area (TPSA) is 116 Å². The predicted molar refractivity (Wildman–Crippen MR) is 111 cm³/mol.